The van der Waals surface area contributed by atoms with Crippen LogP contribution in [0.25, 0.3) is 10.9 Å². The minimum Gasteiger partial charge on any atom is -0.508 e. The van der Waals surface area contributed by atoms with Crippen molar-refractivity contribution < 1.29 is 92.7 Å². The van der Waals surface area contributed by atoms with Crippen LogP contribution in [0.1, 0.15) is 54.9 Å². The number of carboxylic acid groups (broad SMARTS) is 2. The zero-order chi connectivity index (χ0) is 77.8. The number of aromatic hydroxyl groups is 2. The van der Waals surface area contributed by atoms with Crippen molar-refractivity contribution in [3.8, 4) is 11.5 Å². The summed E-state index contributed by atoms with van der Waals surface area (Å²) in [4.78, 5) is 181. The number of aliphatic hydroxyl groups is 1. The molecule has 0 saturated carbocycles. The van der Waals surface area contributed by atoms with E-state index in [0.717, 1.165) is 12.1 Å². The minimum absolute atomic E-state index is 0. The molecular weight excluding hydrogens is 1510 g/mol. The first-order valence-corrected chi connectivity index (χ1v) is 37.2. The number of thiol groups is 2. The molecule has 9 amide bonds. The van der Waals surface area contributed by atoms with Crippen LogP contribution in [0.5, 0.6) is 11.5 Å². The van der Waals surface area contributed by atoms with Gasteiger partial charge in [0.25, 0.3) is 5.69 Å². The molecule has 39 heteroatoms. The third kappa shape index (κ3) is 29.5. The van der Waals surface area contributed by atoms with E-state index in [9.17, 15) is 88.3 Å². The van der Waals surface area contributed by atoms with Gasteiger partial charge < -0.3 is 89.4 Å². The number of carbonyl (C=O) groups excluding carboxylic acids is 9. The number of phenolic OH excluding ortho intramolecular Hbond substituents is 2. The number of nitrogens with zero attached hydrogens (tertiary/aromatic N) is 4. The molecule has 1 aliphatic heterocycles. The average molecular weight is 1600 g/mol. The Morgan fingerprint density at radius 1 is 0.570 bits per heavy atom. The molecule has 5 aromatic rings. The monoisotopic (exact) mass is 1600 g/mol. The first-order chi connectivity index (χ1) is 50.3. The predicted molar refractivity (Wildman–Crippen MR) is 399 cm³/mol. The van der Waals surface area contributed by atoms with Gasteiger partial charge in [-0.15, -0.1) is 0 Å². The number of nitrogens with two attached hydrogens (primary N) is 2. The quantitative estimate of drug-likeness (QED) is 0.00494. The summed E-state index contributed by atoms with van der Waals surface area (Å²) < 4.78 is 13.8. The summed E-state index contributed by atoms with van der Waals surface area (Å²) in [6, 6.07) is 10.7. The maximum absolute atomic E-state index is 15.1. The fourth-order valence-corrected chi connectivity index (χ4v) is 13.6. The number of para-hydroxylation sites is 1. The fraction of sp³-hybridized carbons (Fsp3) is 0.456. The summed E-state index contributed by atoms with van der Waals surface area (Å²) in [5.41, 5.74) is 13.4. The van der Waals surface area contributed by atoms with E-state index < -0.39 is 156 Å². The van der Waals surface area contributed by atoms with Crippen LogP contribution in [0, 0.1) is 10.1 Å². The summed E-state index contributed by atoms with van der Waals surface area (Å²) >= 11 is 8.57. The molecule has 0 spiro atoms. The second-order valence-electron chi connectivity index (χ2n) is 25.6. The van der Waals surface area contributed by atoms with E-state index in [-0.39, 0.29) is 146 Å². The molecular formula is C68H92GaN15O20PS2+3. The number of nitro groups is 1. The van der Waals surface area contributed by atoms with Gasteiger partial charge in [0.1, 0.15) is 59.8 Å². The molecule has 1 aliphatic rings. The van der Waals surface area contributed by atoms with E-state index in [0.29, 0.717) is 34.0 Å². The van der Waals surface area contributed by atoms with Crippen molar-refractivity contribution in [3.05, 3.63) is 136 Å². The number of aliphatic carboxylic acids is 2. The van der Waals surface area contributed by atoms with Crippen molar-refractivity contribution >= 4 is 134 Å². The molecule has 1 unspecified atom stereocenters. The number of carbonyl (C=O) groups is 11. The van der Waals surface area contributed by atoms with Gasteiger partial charge in [-0.3, -0.25) is 82.1 Å². The third-order valence-electron chi connectivity index (χ3n) is 17.3. The molecule has 107 heavy (non-hydrogen) atoms. The van der Waals surface area contributed by atoms with Crippen molar-refractivity contribution in [1.29, 1.82) is 0 Å². The number of hydrogen-bond acceptors (Lipinski definition) is 23. The van der Waals surface area contributed by atoms with Crippen molar-refractivity contribution in [2.75, 3.05) is 82.9 Å². The first-order valence-electron chi connectivity index (χ1n) is 33.9. The molecule has 1 aromatic heterocycles. The van der Waals surface area contributed by atoms with Gasteiger partial charge in [0.15, 0.2) is 0 Å². The Morgan fingerprint density at radius 3 is 1.45 bits per heavy atom. The summed E-state index contributed by atoms with van der Waals surface area (Å²) in [6.45, 7) is 1.55. The Bertz CT molecular complexity index is 3900. The summed E-state index contributed by atoms with van der Waals surface area (Å²) in [7, 11) is -4.25. The SMILES string of the molecule is C[C@@H](O)[C@H](NC(=O)[C@H](CCCCN)NC(=O)[C@H](Cc1c[nH]c2ccccc12)NC(=O)[C@H](Cc1ccc(O)cc1)NC(=O)[C@H](CS)NC(=O)[C@H](Cc1ccc([N+](=O)[O-])cc1)NC(=O)CCP(=O)(O)CN1CCN(CC(=O)O)CCN(CC(=O)O)CC1)C(=O)N[C@@H](CS)C(=O)N[C@@H](Cc1ccc(O)cc1)C(N)=O.[68Ga+3]. The van der Waals surface area contributed by atoms with E-state index in [1.807, 2.05) is 0 Å². The number of aromatic nitrogens is 1. The van der Waals surface area contributed by atoms with Crippen molar-refractivity contribution in [2.45, 2.75) is 113 Å². The molecule has 0 aliphatic carbocycles. The number of hydrogen-bond donors (Lipinski definition) is 19. The Kier molecular flexibility index (Phi) is 36.1. The summed E-state index contributed by atoms with van der Waals surface area (Å²) in [5.74, 6) is -12.1. The third-order valence-corrected chi connectivity index (χ3v) is 19.8. The standard InChI is InChI=1S/C68H92N15O20PS2.Ga/c1-40(84)60(68(99)78-56(38-106)66(97)74-51(61(70)92)30-42-11-17-46(85)18-12-42)79-62(93)50(8-4-5-22-69)73-65(96)54(33-44-34-71-49-7-3-2-6-48(44)49)76-64(95)53(32-43-13-19-47(86)20-14-43)75-67(98)55(37-105)77-63(94)52(31-41-9-15-45(16-10-41)83(100)101)72-57(87)21-29-104(102,103)39-82-27-25-80(35-58(88)89)23-24-81(26-28-82)36-59(90)91;/h2-3,6-7,9-20,34,40,50-56,60,71,84-86,105-106H,4-5,8,21-33,35-39,69H2,1H3,(H2,70,92)(H,72,87)(H,73,96)(H,74,97)(H,75,98)(H,76,95)(H,77,94)(H,78,99)(H,79,93)(H,88,89)(H,90,91)(H,102,103);/q;+3/t40-,50+,51+,52+,53+,54+,55+,56+,60+;/m1./s1/i;1-2. The molecule has 1 saturated heterocycles. The number of carboxylic acids is 2. The van der Waals surface area contributed by atoms with Crippen LogP contribution in [0.3, 0.4) is 0 Å². The number of primary amides is 1. The van der Waals surface area contributed by atoms with E-state index in [1.54, 1.807) is 45.2 Å². The Morgan fingerprint density at radius 2 is 0.981 bits per heavy atom. The smallest absolute Gasteiger partial charge is 0.508 e. The molecule has 0 bridgehead atoms. The molecule has 6 rings (SSSR count). The number of nitrogens with one attached hydrogen (secondary N) is 9. The number of fused-ring (bicyclic) bond motifs is 1. The molecule has 35 nitrogen and oxygen atoms in total. The van der Waals surface area contributed by atoms with E-state index in [2.05, 4.69) is 72.8 Å². The van der Waals surface area contributed by atoms with Gasteiger partial charge in [-0.1, -0.05) is 54.6 Å². The number of nitro benzene ring substituents is 1. The van der Waals surface area contributed by atoms with E-state index >= 15 is 9.59 Å². The summed E-state index contributed by atoms with van der Waals surface area (Å²) in [6.07, 6.45) is -2.41. The number of non-ortho nitro benzene ring substituents is 1. The predicted octanol–water partition coefficient (Wildman–Crippen LogP) is -2.18. The zero-order valence-corrected chi connectivity index (χ0v) is 63.7. The van der Waals surface area contributed by atoms with Gasteiger partial charge >= 0.3 is 31.7 Å². The van der Waals surface area contributed by atoms with Gasteiger partial charge in [-0.25, -0.2) is 0 Å². The maximum atomic E-state index is 15.1. The molecule has 19 N–H and O–H groups in total. The van der Waals surface area contributed by atoms with Crippen LogP contribution in [-0.4, -0.2) is 277 Å². The Labute approximate surface area is 639 Å². The Hall–Kier alpha value is -9.08. The number of H-pyrrole nitrogens is 1. The number of aromatic amines is 1. The van der Waals surface area contributed by atoms with Crippen LogP contribution in [0.15, 0.2) is 103 Å². The first kappa shape index (κ1) is 88.5. The fourth-order valence-electron chi connectivity index (χ4n) is 11.5. The second-order valence-corrected chi connectivity index (χ2v) is 28.8. The molecule has 1 fully saturated rings. The molecule has 4 aromatic carbocycles. The van der Waals surface area contributed by atoms with Gasteiger partial charge in [0, 0.05) is 118 Å². The van der Waals surface area contributed by atoms with Gasteiger partial charge in [-0.05, 0) is 85.3 Å². The maximum Gasteiger partial charge on any atom is 3.00 e. The van der Waals surface area contributed by atoms with Gasteiger partial charge in [-0.2, -0.15) is 25.3 Å². The van der Waals surface area contributed by atoms with Crippen LogP contribution >= 0.6 is 32.6 Å². The van der Waals surface area contributed by atoms with Gasteiger partial charge in [0.05, 0.1) is 30.4 Å². The van der Waals surface area contributed by atoms with Crippen LogP contribution in [0.4, 0.5) is 5.69 Å². The minimum atomic E-state index is -4.25. The molecule has 0 radical (unpaired) electrons. The zero-order valence-electron chi connectivity index (χ0n) is 58.6. The second kappa shape index (κ2) is 43.7. The molecule has 10 atom stereocenters. The Balaban J connectivity index is 0.0000205. The van der Waals surface area contributed by atoms with E-state index in [4.69, 9.17) is 11.5 Å². The van der Waals surface area contributed by atoms with Crippen LogP contribution in [0.2, 0.25) is 0 Å². The number of unbranched alkanes of at least 4 members (excludes halogenated alkanes) is 1. The molecule has 576 valence electrons. The van der Waals surface area contributed by atoms with Crippen LogP contribution < -0.4 is 54.0 Å². The summed E-state index contributed by atoms with van der Waals surface area (Å²) in [5, 5.41) is 82.5. The number of phenols is 2. The number of benzene rings is 4. The number of amides is 9. The van der Waals surface area contributed by atoms with E-state index in [1.165, 1.54) is 67.6 Å². The number of aliphatic hydroxyl groups excluding tert-OH is 1. The van der Waals surface area contributed by atoms with Crippen molar-refractivity contribution in [1.82, 2.24) is 62.2 Å². The largest absolute Gasteiger partial charge is 3.00 e. The molecule has 2 heterocycles. The van der Waals surface area contributed by atoms with Crippen molar-refractivity contribution in [3.63, 3.8) is 0 Å². The van der Waals surface area contributed by atoms with Crippen molar-refractivity contribution in [2.24, 2.45) is 11.5 Å². The topological polar surface area (TPSA) is 543 Å². The van der Waals surface area contributed by atoms with Gasteiger partial charge in [0.2, 0.25) is 60.5 Å². The van der Waals surface area contributed by atoms with Crippen LogP contribution in [-0.2, 0) is 83.0 Å². The number of rotatable bonds is 41. The average Bonchev–Trinajstić information content (AvgIpc) is 1.73. The normalized spacial score (nSPS) is 16.0.